The molecule has 0 heterocycles. The third-order valence-electron chi connectivity index (χ3n) is 2.76. The van der Waals surface area contributed by atoms with E-state index in [1.165, 1.54) is 0 Å². The molecule has 0 aromatic rings. The average Bonchev–Trinajstić information content (AvgIpc) is 2.19. The maximum atomic E-state index is 11.7. The first-order valence-corrected chi connectivity index (χ1v) is 6.20. The molecule has 0 spiro atoms. The van der Waals surface area contributed by atoms with Crippen LogP contribution in [0.1, 0.15) is 46.5 Å². The molecule has 0 rings (SSSR count). The van der Waals surface area contributed by atoms with E-state index >= 15 is 0 Å². The Morgan fingerprint density at radius 3 is 2.25 bits per heavy atom. The van der Waals surface area contributed by atoms with E-state index in [1.807, 2.05) is 20.8 Å². The van der Waals surface area contributed by atoms with Crippen molar-refractivity contribution in [3.05, 3.63) is 0 Å². The van der Waals surface area contributed by atoms with Gasteiger partial charge in [0.15, 0.2) is 0 Å². The lowest BCUT2D eigenvalue weighted by Gasteiger charge is -2.20. The summed E-state index contributed by atoms with van der Waals surface area (Å²) in [7, 11) is 2.05. The lowest BCUT2D eigenvalue weighted by molar-refractivity contribution is -0.126. The van der Waals surface area contributed by atoms with Gasteiger partial charge in [0, 0.05) is 25.0 Å². The van der Waals surface area contributed by atoms with Crippen molar-refractivity contribution in [1.82, 2.24) is 4.90 Å². The van der Waals surface area contributed by atoms with Crippen LogP contribution in [-0.4, -0.2) is 42.5 Å². The van der Waals surface area contributed by atoms with Crippen molar-refractivity contribution in [3.63, 3.8) is 0 Å². The molecule has 0 aliphatic carbocycles. The minimum absolute atomic E-state index is 0.211. The number of ketones is 1. The normalized spacial score (nSPS) is 12.1. The lowest BCUT2D eigenvalue weighted by atomic mass is 9.89. The number of aliphatic hydroxyl groups is 1. The van der Waals surface area contributed by atoms with E-state index in [2.05, 4.69) is 11.9 Å². The fourth-order valence-corrected chi connectivity index (χ4v) is 1.45. The Kier molecular flexibility index (Phi) is 7.60. The molecule has 0 aliphatic rings. The van der Waals surface area contributed by atoms with Crippen LogP contribution in [0.15, 0.2) is 0 Å². The van der Waals surface area contributed by atoms with Crippen molar-refractivity contribution in [2.75, 3.05) is 26.7 Å². The average molecular weight is 229 g/mol. The van der Waals surface area contributed by atoms with Gasteiger partial charge in [-0.1, -0.05) is 20.8 Å². The fourth-order valence-electron chi connectivity index (χ4n) is 1.45. The van der Waals surface area contributed by atoms with Crippen LogP contribution in [0.4, 0.5) is 0 Å². The summed E-state index contributed by atoms with van der Waals surface area (Å²) < 4.78 is 0. The van der Waals surface area contributed by atoms with Gasteiger partial charge in [0.05, 0.1) is 0 Å². The van der Waals surface area contributed by atoms with Crippen LogP contribution in [0, 0.1) is 5.41 Å². The van der Waals surface area contributed by atoms with E-state index in [4.69, 9.17) is 5.11 Å². The van der Waals surface area contributed by atoms with E-state index in [-0.39, 0.29) is 12.0 Å². The Hall–Kier alpha value is -0.410. The molecule has 16 heavy (non-hydrogen) atoms. The molecular weight excluding hydrogens is 202 g/mol. The quantitative estimate of drug-likeness (QED) is 0.648. The van der Waals surface area contributed by atoms with Crippen LogP contribution in [-0.2, 0) is 4.79 Å². The highest BCUT2D eigenvalue weighted by atomic mass is 16.2. The molecule has 0 aromatic heterocycles. The van der Waals surface area contributed by atoms with Crippen molar-refractivity contribution in [3.8, 4) is 0 Å². The van der Waals surface area contributed by atoms with E-state index in [0.29, 0.717) is 12.2 Å². The second-order valence-electron chi connectivity index (χ2n) is 5.51. The molecule has 1 N–H and O–H groups in total. The number of unbranched alkanes of at least 4 members (excludes halogenated alkanes) is 2. The highest BCUT2D eigenvalue weighted by Crippen LogP contribution is 2.16. The molecule has 96 valence electrons. The van der Waals surface area contributed by atoms with Gasteiger partial charge in [-0.05, 0) is 32.9 Å². The molecule has 0 saturated carbocycles. The van der Waals surface area contributed by atoms with Gasteiger partial charge in [-0.25, -0.2) is 0 Å². The number of aliphatic hydroxyl groups excluding tert-OH is 1. The topological polar surface area (TPSA) is 40.5 Å². The zero-order valence-electron chi connectivity index (χ0n) is 11.3. The Labute approximate surface area is 99.8 Å². The highest BCUT2D eigenvalue weighted by molar-refractivity contribution is 5.83. The molecule has 0 saturated heterocycles. The number of hydrogen-bond donors (Lipinski definition) is 1. The molecule has 0 radical (unpaired) electrons. The van der Waals surface area contributed by atoms with Crippen molar-refractivity contribution in [2.45, 2.75) is 46.5 Å². The summed E-state index contributed by atoms with van der Waals surface area (Å²) in [5, 5.41) is 8.64. The first-order chi connectivity index (χ1) is 7.38. The van der Waals surface area contributed by atoms with Gasteiger partial charge < -0.3 is 10.0 Å². The third-order valence-corrected chi connectivity index (χ3v) is 2.76. The molecule has 0 aromatic carbocycles. The lowest BCUT2D eigenvalue weighted by Crippen LogP contribution is -2.27. The van der Waals surface area contributed by atoms with Crippen LogP contribution in [0.2, 0.25) is 0 Å². The van der Waals surface area contributed by atoms with Gasteiger partial charge in [0.1, 0.15) is 5.78 Å². The molecular formula is C13H27NO2. The number of hydrogen-bond acceptors (Lipinski definition) is 3. The molecule has 3 heteroatoms. The fraction of sp³-hybridized carbons (Fsp3) is 0.923. The molecule has 3 nitrogen and oxygen atoms in total. The van der Waals surface area contributed by atoms with Gasteiger partial charge in [0.25, 0.3) is 0 Å². The summed E-state index contributed by atoms with van der Waals surface area (Å²) in [4.78, 5) is 13.9. The first-order valence-electron chi connectivity index (χ1n) is 6.20. The Balaban J connectivity index is 3.57. The maximum Gasteiger partial charge on any atom is 0.139 e. The Morgan fingerprint density at radius 2 is 1.75 bits per heavy atom. The highest BCUT2D eigenvalue weighted by Gasteiger charge is 2.20. The number of rotatable bonds is 8. The predicted molar refractivity (Wildman–Crippen MR) is 67.5 cm³/mol. The number of carbonyl (C=O) groups is 1. The van der Waals surface area contributed by atoms with Crippen molar-refractivity contribution < 1.29 is 9.90 Å². The minimum Gasteiger partial charge on any atom is -0.396 e. The summed E-state index contributed by atoms with van der Waals surface area (Å²) in [6.45, 7) is 8.04. The van der Waals surface area contributed by atoms with Gasteiger partial charge >= 0.3 is 0 Å². The van der Waals surface area contributed by atoms with Crippen molar-refractivity contribution >= 4 is 5.78 Å². The van der Waals surface area contributed by atoms with E-state index in [9.17, 15) is 4.79 Å². The molecule has 0 fully saturated rings. The van der Waals surface area contributed by atoms with Crippen molar-refractivity contribution in [1.29, 1.82) is 0 Å². The maximum absolute atomic E-state index is 11.7. The monoisotopic (exact) mass is 229 g/mol. The molecule has 0 aliphatic heterocycles. The van der Waals surface area contributed by atoms with Gasteiger partial charge in [0.2, 0.25) is 0 Å². The van der Waals surface area contributed by atoms with Crippen LogP contribution >= 0.6 is 0 Å². The third kappa shape index (κ3) is 7.83. The largest absolute Gasteiger partial charge is 0.396 e. The Bertz CT molecular complexity index is 197. The second-order valence-corrected chi connectivity index (χ2v) is 5.51. The number of nitrogens with zero attached hydrogens (tertiary/aromatic N) is 1. The minimum atomic E-state index is -0.211. The van der Waals surface area contributed by atoms with E-state index in [0.717, 1.165) is 32.4 Å². The van der Waals surface area contributed by atoms with Gasteiger partial charge in [-0.2, -0.15) is 0 Å². The van der Waals surface area contributed by atoms with Crippen LogP contribution in [0.3, 0.4) is 0 Å². The first kappa shape index (κ1) is 15.6. The SMILES string of the molecule is CN(CCCCCO)CCC(=O)C(C)(C)C. The molecule has 0 bridgehead atoms. The second kappa shape index (κ2) is 7.80. The number of Topliss-reactive ketones (excluding diaryl/α,β-unsaturated/α-hetero) is 1. The van der Waals surface area contributed by atoms with Gasteiger partial charge in [-0.15, -0.1) is 0 Å². The van der Waals surface area contributed by atoms with Gasteiger partial charge in [-0.3, -0.25) is 4.79 Å². The van der Waals surface area contributed by atoms with Crippen molar-refractivity contribution in [2.24, 2.45) is 5.41 Å². The summed E-state index contributed by atoms with van der Waals surface area (Å²) in [6.07, 6.45) is 3.68. The number of carbonyl (C=O) groups excluding carboxylic acids is 1. The smallest absolute Gasteiger partial charge is 0.139 e. The predicted octanol–water partition coefficient (Wildman–Crippen LogP) is 2.09. The molecule has 0 unspecified atom stereocenters. The summed E-state index contributed by atoms with van der Waals surface area (Å²) in [5.74, 6) is 0.328. The summed E-state index contributed by atoms with van der Waals surface area (Å²) in [5.41, 5.74) is -0.211. The standard InChI is InChI=1S/C13H27NO2/c1-13(2,3)12(16)8-10-14(4)9-6-5-7-11-15/h15H,5-11H2,1-4H3. The molecule has 0 amide bonds. The van der Waals surface area contributed by atoms with Crippen LogP contribution < -0.4 is 0 Å². The van der Waals surface area contributed by atoms with E-state index in [1.54, 1.807) is 0 Å². The Morgan fingerprint density at radius 1 is 1.12 bits per heavy atom. The molecule has 0 atom stereocenters. The zero-order valence-corrected chi connectivity index (χ0v) is 11.3. The van der Waals surface area contributed by atoms with E-state index < -0.39 is 0 Å². The zero-order chi connectivity index (χ0) is 12.6. The van der Waals surface area contributed by atoms with Crippen LogP contribution in [0.5, 0.6) is 0 Å². The van der Waals surface area contributed by atoms with Crippen LogP contribution in [0.25, 0.3) is 0 Å². The summed E-state index contributed by atoms with van der Waals surface area (Å²) >= 11 is 0. The summed E-state index contributed by atoms with van der Waals surface area (Å²) in [6, 6.07) is 0.